The Morgan fingerprint density at radius 3 is 2.25 bits per heavy atom. The van der Waals surface area contributed by atoms with Crippen molar-refractivity contribution in [3.8, 4) is 0 Å². The minimum atomic E-state index is 0.381. The van der Waals surface area contributed by atoms with Crippen molar-refractivity contribution in [2.24, 2.45) is 17.3 Å². The van der Waals surface area contributed by atoms with Crippen molar-refractivity contribution >= 4 is 0 Å². The number of hydrogen-bond donors (Lipinski definition) is 1. The molecule has 0 bridgehead atoms. The number of nitrogens with zero attached hydrogens (tertiary/aromatic N) is 1. The summed E-state index contributed by atoms with van der Waals surface area (Å²) in [5, 5.41) is 3.72. The van der Waals surface area contributed by atoms with E-state index in [0.29, 0.717) is 5.41 Å². The first-order valence-corrected chi connectivity index (χ1v) is 6.68. The highest BCUT2D eigenvalue weighted by atomic mass is 15.1. The van der Waals surface area contributed by atoms with Gasteiger partial charge >= 0.3 is 0 Å². The fraction of sp³-hybridized carbons (Fsp3) is 1.00. The van der Waals surface area contributed by atoms with E-state index >= 15 is 0 Å². The molecule has 0 aromatic rings. The monoisotopic (exact) mass is 226 g/mol. The zero-order valence-corrected chi connectivity index (χ0v) is 12.0. The van der Waals surface area contributed by atoms with Crippen LogP contribution in [0.2, 0.25) is 0 Å². The Balaban J connectivity index is 2.16. The quantitative estimate of drug-likeness (QED) is 0.749. The van der Waals surface area contributed by atoms with E-state index in [-0.39, 0.29) is 0 Å². The molecule has 0 spiro atoms. The van der Waals surface area contributed by atoms with Crippen molar-refractivity contribution in [2.75, 3.05) is 27.2 Å². The number of hydrogen-bond acceptors (Lipinski definition) is 2. The Bertz CT molecular complexity index is 203. The summed E-state index contributed by atoms with van der Waals surface area (Å²) in [4.78, 5) is 2.28. The van der Waals surface area contributed by atoms with Crippen LogP contribution in [-0.4, -0.2) is 38.1 Å². The Morgan fingerprint density at radius 2 is 1.81 bits per heavy atom. The highest BCUT2D eigenvalue weighted by Gasteiger charge is 2.32. The van der Waals surface area contributed by atoms with Crippen LogP contribution in [0.3, 0.4) is 0 Å². The second kappa shape index (κ2) is 5.50. The Labute approximate surface area is 102 Å². The first-order valence-electron chi connectivity index (χ1n) is 6.68. The predicted molar refractivity (Wildman–Crippen MR) is 71.7 cm³/mol. The fourth-order valence-corrected chi connectivity index (χ4v) is 2.71. The molecular weight excluding hydrogens is 196 g/mol. The maximum absolute atomic E-state index is 3.72. The first-order chi connectivity index (χ1) is 7.30. The van der Waals surface area contributed by atoms with Gasteiger partial charge in [-0.3, -0.25) is 0 Å². The highest BCUT2D eigenvalue weighted by molar-refractivity contribution is 4.88. The van der Waals surface area contributed by atoms with Gasteiger partial charge in [-0.25, -0.2) is 0 Å². The molecule has 1 rings (SSSR count). The van der Waals surface area contributed by atoms with Gasteiger partial charge < -0.3 is 10.2 Å². The summed E-state index contributed by atoms with van der Waals surface area (Å²) in [7, 11) is 4.31. The lowest BCUT2D eigenvalue weighted by atomic mass is 9.73. The van der Waals surface area contributed by atoms with Gasteiger partial charge in [0.2, 0.25) is 0 Å². The predicted octanol–water partition coefficient (Wildman–Crippen LogP) is 2.60. The summed E-state index contributed by atoms with van der Waals surface area (Å²) in [5.41, 5.74) is 0.381. The summed E-state index contributed by atoms with van der Waals surface area (Å²) in [6.07, 6.45) is 2.77. The van der Waals surface area contributed by atoms with Crippen molar-refractivity contribution in [3.63, 3.8) is 0 Å². The highest BCUT2D eigenvalue weighted by Crippen LogP contribution is 2.33. The SMILES string of the molecule is CC(C)C1CC(NCC(C)(C)CN(C)C)C1. The molecule has 2 nitrogen and oxygen atoms in total. The van der Waals surface area contributed by atoms with Crippen molar-refractivity contribution in [1.29, 1.82) is 0 Å². The van der Waals surface area contributed by atoms with Gasteiger partial charge in [0.1, 0.15) is 0 Å². The van der Waals surface area contributed by atoms with E-state index in [0.717, 1.165) is 31.0 Å². The maximum atomic E-state index is 3.72. The Morgan fingerprint density at radius 1 is 1.25 bits per heavy atom. The zero-order valence-electron chi connectivity index (χ0n) is 12.0. The van der Waals surface area contributed by atoms with Crippen LogP contribution in [0.15, 0.2) is 0 Å². The molecule has 0 heterocycles. The maximum Gasteiger partial charge on any atom is 0.00727 e. The van der Waals surface area contributed by atoms with E-state index in [2.05, 4.69) is 52.0 Å². The molecule has 0 aliphatic heterocycles. The molecule has 1 fully saturated rings. The van der Waals surface area contributed by atoms with Crippen LogP contribution in [0.25, 0.3) is 0 Å². The molecular formula is C14H30N2. The third-order valence-corrected chi connectivity index (χ3v) is 3.73. The summed E-state index contributed by atoms with van der Waals surface area (Å²) >= 11 is 0. The topological polar surface area (TPSA) is 15.3 Å². The van der Waals surface area contributed by atoms with Gasteiger partial charge in [-0.1, -0.05) is 27.7 Å². The van der Waals surface area contributed by atoms with Gasteiger partial charge in [-0.15, -0.1) is 0 Å². The van der Waals surface area contributed by atoms with Crippen LogP contribution in [0.5, 0.6) is 0 Å². The Kier molecular flexibility index (Phi) is 4.81. The van der Waals surface area contributed by atoms with Crippen LogP contribution in [-0.2, 0) is 0 Å². The lowest BCUT2D eigenvalue weighted by molar-refractivity contribution is 0.145. The van der Waals surface area contributed by atoms with Gasteiger partial charge in [0, 0.05) is 19.1 Å². The van der Waals surface area contributed by atoms with E-state index in [1.165, 1.54) is 12.8 Å². The van der Waals surface area contributed by atoms with E-state index in [9.17, 15) is 0 Å². The van der Waals surface area contributed by atoms with Gasteiger partial charge in [-0.2, -0.15) is 0 Å². The van der Waals surface area contributed by atoms with Gasteiger partial charge in [0.05, 0.1) is 0 Å². The van der Waals surface area contributed by atoms with Gasteiger partial charge in [0.25, 0.3) is 0 Å². The van der Waals surface area contributed by atoms with Crippen molar-refractivity contribution in [3.05, 3.63) is 0 Å². The molecule has 2 heteroatoms. The lowest BCUT2D eigenvalue weighted by Crippen LogP contribution is -2.48. The summed E-state index contributed by atoms with van der Waals surface area (Å²) in [6.45, 7) is 11.7. The van der Waals surface area contributed by atoms with Crippen LogP contribution < -0.4 is 5.32 Å². The van der Waals surface area contributed by atoms with Crippen molar-refractivity contribution in [2.45, 2.75) is 46.6 Å². The standard InChI is InChI=1S/C14H30N2/c1-11(2)12-7-13(8-12)15-9-14(3,4)10-16(5)6/h11-13,15H,7-10H2,1-6H3. The third kappa shape index (κ3) is 4.42. The van der Waals surface area contributed by atoms with E-state index in [1.807, 2.05) is 0 Å². The van der Waals surface area contributed by atoms with Gasteiger partial charge in [0.15, 0.2) is 0 Å². The molecule has 0 aromatic heterocycles. The molecule has 1 aliphatic rings. The molecule has 0 unspecified atom stereocenters. The van der Waals surface area contributed by atoms with Crippen molar-refractivity contribution in [1.82, 2.24) is 10.2 Å². The number of rotatable bonds is 6. The van der Waals surface area contributed by atoms with E-state index in [1.54, 1.807) is 0 Å². The zero-order chi connectivity index (χ0) is 12.3. The summed E-state index contributed by atoms with van der Waals surface area (Å²) in [6, 6.07) is 0.786. The normalized spacial score (nSPS) is 26.2. The average Bonchev–Trinajstić information content (AvgIpc) is 1.96. The lowest BCUT2D eigenvalue weighted by Gasteiger charge is -2.40. The smallest absolute Gasteiger partial charge is 0.00727 e. The van der Waals surface area contributed by atoms with Crippen molar-refractivity contribution < 1.29 is 0 Å². The second-order valence-electron chi connectivity index (χ2n) is 6.96. The molecule has 16 heavy (non-hydrogen) atoms. The fourth-order valence-electron chi connectivity index (χ4n) is 2.71. The largest absolute Gasteiger partial charge is 0.313 e. The molecule has 0 aromatic carbocycles. The summed E-state index contributed by atoms with van der Waals surface area (Å²) < 4.78 is 0. The van der Waals surface area contributed by atoms with Crippen LogP contribution in [0.4, 0.5) is 0 Å². The van der Waals surface area contributed by atoms with E-state index in [4.69, 9.17) is 0 Å². The molecule has 0 atom stereocenters. The molecule has 0 radical (unpaired) electrons. The molecule has 1 aliphatic carbocycles. The molecule has 96 valence electrons. The minimum absolute atomic E-state index is 0.381. The average molecular weight is 226 g/mol. The van der Waals surface area contributed by atoms with Crippen LogP contribution >= 0.6 is 0 Å². The second-order valence-corrected chi connectivity index (χ2v) is 6.96. The molecule has 1 saturated carbocycles. The van der Waals surface area contributed by atoms with Gasteiger partial charge in [-0.05, 0) is 44.2 Å². The molecule has 1 N–H and O–H groups in total. The minimum Gasteiger partial charge on any atom is -0.313 e. The number of nitrogens with one attached hydrogen (secondary N) is 1. The summed E-state index contributed by atoms with van der Waals surface area (Å²) in [5.74, 6) is 1.84. The molecule has 0 saturated heterocycles. The Hall–Kier alpha value is -0.0800. The first kappa shape index (κ1) is 14.0. The van der Waals surface area contributed by atoms with Crippen LogP contribution in [0.1, 0.15) is 40.5 Å². The van der Waals surface area contributed by atoms with Crippen LogP contribution in [0, 0.1) is 17.3 Å². The third-order valence-electron chi connectivity index (χ3n) is 3.73. The van der Waals surface area contributed by atoms with E-state index < -0.39 is 0 Å². The molecule has 0 amide bonds.